The second-order valence-electron chi connectivity index (χ2n) is 3.99. The minimum atomic E-state index is -3.21. The number of ether oxygens (including phenoxy) is 1. The molecule has 1 atom stereocenters. The number of halogens is 1. The highest BCUT2D eigenvalue weighted by Gasteiger charge is 2.17. The molecule has 0 aliphatic heterocycles. The molecule has 0 spiro atoms. The molecule has 1 aromatic rings. The Labute approximate surface area is 110 Å². The first-order chi connectivity index (χ1) is 7.84. The Morgan fingerprint density at radius 1 is 1.47 bits per heavy atom. The van der Waals surface area contributed by atoms with Crippen LogP contribution in [0.5, 0.6) is 5.75 Å². The van der Waals surface area contributed by atoms with Crippen molar-refractivity contribution in [2.24, 2.45) is 5.73 Å². The van der Waals surface area contributed by atoms with Crippen LogP contribution < -0.4 is 10.5 Å². The zero-order chi connectivity index (χ0) is 13.1. The van der Waals surface area contributed by atoms with Crippen LogP contribution in [0.3, 0.4) is 0 Å². The van der Waals surface area contributed by atoms with Crippen LogP contribution in [0, 0.1) is 0 Å². The highest BCUT2D eigenvalue weighted by atomic mass is 79.9. The molecule has 4 nitrogen and oxygen atoms in total. The van der Waals surface area contributed by atoms with Gasteiger partial charge in [0.25, 0.3) is 0 Å². The summed E-state index contributed by atoms with van der Waals surface area (Å²) < 4.78 is 29.6. The zero-order valence-corrected chi connectivity index (χ0v) is 12.2. The number of benzene rings is 1. The van der Waals surface area contributed by atoms with E-state index in [2.05, 4.69) is 15.9 Å². The maximum atomic E-state index is 11.8. The topological polar surface area (TPSA) is 69.4 Å². The van der Waals surface area contributed by atoms with Crippen molar-refractivity contribution < 1.29 is 13.2 Å². The fraction of sp³-hybridized carbons (Fsp3) is 0.455. The lowest BCUT2D eigenvalue weighted by Crippen LogP contribution is -2.27. The number of hydrogen-bond donors (Lipinski definition) is 1. The van der Waals surface area contributed by atoms with Crippen molar-refractivity contribution in [2.45, 2.75) is 18.7 Å². The van der Waals surface area contributed by atoms with Gasteiger partial charge in [0.15, 0.2) is 9.84 Å². The molecule has 0 bridgehead atoms. The van der Waals surface area contributed by atoms with E-state index in [1.165, 1.54) is 7.11 Å². The summed E-state index contributed by atoms with van der Waals surface area (Å²) >= 11 is 3.31. The van der Waals surface area contributed by atoms with Crippen LogP contribution in [0.25, 0.3) is 0 Å². The molecule has 0 fully saturated rings. The average molecular weight is 322 g/mol. The van der Waals surface area contributed by atoms with Gasteiger partial charge in [-0.3, -0.25) is 0 Å². The maximum absolute atomic E-state index is 11.8. The van der Waals surface area contributed by atoms with Gasteiger partial charge in [0.1, 0.15) is 5.75 Å². The van der Waals surface area contributed by atoms with Crippen LogP contribution in [-0.4, -0.2) is 27.3 Å². The third-order valence-corrected chi connectivity index (χ3v) is 4.41. The molecule has 17 heavy (non-hydrogen) atoms. The summed E-state index contributed by atoms with van der Waals surface area (Å²) in [5, 5.41) is 0. The summed E-state index contributed by atoms with van der Waals surface area (Å²) in [7, 11) is -1.69. The quantitative estimate of drug-likeness (QED) is 0.896. The van der Waals surface area contributed by atoms with E-state index in [1.807, 2.05) is 0 Å². The van der Waals surface area contributed by atoms with Crippen LogP contribution in [0.15, 0.2) is 22.7 Å². The molecule has 0 saturated carbocycles. The van der Waals surface area contributed by atoms with Crippen molar-refractivity contribution in [3.63, 3.8) is 0 Å². The van der Waals surface area contributed by atoms with E-state index in [0.717, 1.165) is 4.47 Å². The van der Waals surface area contributed by atoms with E-state index in [1.54, 1.807) is 25.1 Å². The molecule has 0 saturated heterocycles. The summed E-state index contributed by atoms with van der Waals surface area (Å²) in [6, 6.07) is 4.93. The van der Waals surface area contributed by atoms with Crippen LogP contribution in [-0.2, 0) is 15.6 Å². The normalized spacial score (nSPS) is 13.4. The van der Waals surface area contributed by atoms with Crippen molar-refractivity contribution in [1.82, 2.24) is 0 Å². The van der Waals surface area contributed by atoms with Crippen molar-refractivity contribution in [2.75, 3.05) is 12.9 Å². The summed E-state index contributed by atoms with van der Waals surface area (Å²) in [6.45, 7) is 1.68. The number of rotatable bonds is 5. The minimum Gasteiger partial charge on any atom is -0.496 e. The van der Waals surface area contributed by atoms with E-state index in [4.69, 9.17) is 10.5 Å². The van der Waals surface area contributed by atoms with Gasteiger partial charge in [0.05, 0.1) is 18.6 Å². The van der Waals surface area contributed by atoms with Crippen molar-refractivity contribution in [3.05, 3.63) is 28.2 Å². The molecule has 0 amide bonds. The molecule has 6 heteroatoms. The molecule has 1 rings (SSSR count). The largest absolute Gasteiger partial charge is 0.496 e. The minimum absolute atomic E-state index is 0.0251. The van der Waals surface area contributed by atoms with Crippen LogP contribution >= 0.6 is 15.9 Å². The van der Waals surface area contributed by atoms with Gasteiger partial charge in [-0.15, -0.1) is 0 Å². The standard InChI is InChI=1S/C11H16BrNO3S/c1-8(13)6-17(14,15)7-9-5-10(12)3-4-11(9)16-2/h3-5,8H,6-7,13H2,1-2H3. The first-order valence-corrected chi connectivity index (χ1v) is 7.74. The Kier molecular flexibility index (Phi) is 4.97. The van der Waals surface area contributed by atoms with Gasteiger partial charge in [-0.25, -0.2) is 8.42 Å². The molecule has 0 heterocycles. The van der Waals surface area contributed by atoms with Gasteiger partial charge in [-0.1, -0.05) is 15.9 Å². The fourth-order valence-corrected chi connectivity index (χ4v) is 3.58. The smallest absolute Gasteiger partial charge is 0.156 e. The summed E-state index contributed by atoms with van der Waals surface area (Å²) in [6.07, 6.45) is 0. The van der Waals surface area contributed by atoms with E-state index >= 15 is 0 Å². The molecule has 1 unspecified atom stereocenters. The molecule has 0 aliphatic rings. The highest BCUT2D eigenvalue weighted by molar-refractivity contribution is 9.10. The van der Waals surface area contributed by atoms with Gasteiger partial charge < -0.3 is 10.5 Å². The second-order valence-corrected chi connectivity index (χ2v) is 7.01. The first-order valence-electron chi connectivity index (χ1n) is 5.12. The van der Waals surface area contributed by atoms with E-state index in [-0.39, 0.29) is 17.5 Å². The number of nitrogens with two attached hydrogens (primary N) is 1. The molecule has 0 radical (unpaired) electrons. The Morgan fingerprint density at radius 2 is 2.12 bits per heavy atom. The lowest BCUT2D eigenvalue weighted by atomic mass is 10.2. The predicted octanol–water partition coefficient (Wildman–Crippen LogP) is 1.72. The van der Waals surface area contributed by atoms with Gasteiger partial charge >= 0.3 is 0 Å². The maximum Gasteiger partial charge on any atom is 0.156 e. The highest BCUT2D eigenvalue weighted by Crippen LogP contribution is 2.25. The summed E-state index contributed by atoms with van der Waals surface area (Å²) in [5.41, 5.74) is 6.15. The van der Waals surface area contributed by atoms with Gasteiger partial charge in [0.2, 0.25) is 0 Å². The van der Waals surface area contributed by atoms with E-state index in [9.17, 15) is 8.42 Å². The van der Waals surface area contributed by atoms with Gasteiger partial charge in [-0.2, -0.15) is 0 Å². The molecule has 2 N–H and O–H groups in total. The fourth-order valence-electron chi connectivity index (χ4n) is 1.56. The summed E-state index contributed by atoms with van der Waals surface area (Å²) in [4.78, 5) is 0. The Morgan fingerprint density at radius 3 is 2.65 bits per heavy atom. The predicted molar refractivity (Wildman–Crippen MR) is 71.8 cm³/mol. The molecular weight excluding hydrogens is 306 g/mol. The number of sulfone groups is 1. The van der Waals surface area contributed by atoms with Crippen LogP contribution in [0.4, 0.5) is 0 Å². The van der Waals surface area contributed by atoms with Crippen LogP contribution in [0.2, 0.25) is 0 Å². The third-order valence-electron chi connectivity index (χ3n) is 2.13. The molecule has 1 aromatic carbocycles. The van der Waals surface area contributed by atoms with Crippen LogP contribution in [0.1, 0.15) is 12.5 Å². The second kappa shape index (κ2) is 5.84. The summed E-state index contributed by atoms with van der Waals surface area (Å²) in [5.74, 6) is 0.487. The SMILES string of the molecule is COc1ccc(Br)cc1CS(=O)(=O)CC(C)N. The van der Waals surface area contributed by atoms with Crippen molar-refractivity contribution in [3.8, 4) is 5.75 Å². The average Bonchev–Trinajstić information content (AvgIpc) is 2.14. The molecular formula is C11H16BrNO3S. The zero-order valence-electron chi connectivity index (χ0n) is 9.81. The Bertz CT molecular complexity index is 485. The molecule has 0 aromatic heterocycles. The van der Waals surface area contributed by atoms with Gasteiger partial charge in [-0.05, 0) is 25.1 Å². The Balaban J connectivity index is 2.98. The van der Waals surface area contributed by atoms with Crippen molar-refractivity contribution in [1.29, 1.82) is 0 Å². The first kappa shape index (κ1) is 14.5. The third kappa shape index (κ3) is 4.65. The molecule has 96 valence electrons. The number of hydrogen-bond acceptors (Lipinski definition) is 4. The van der Waals surface area contributed by atoms with E-state index < -0.39 is 9.84 Å². The lowest BCUT2D eigenvalue weighted by Gasteiger charge is -2.11. The monoisotopic (exact) mass is 321 g/mol. The molecule has 0 aliphatic carbocycles. The van der Waals surface area contributed by atoms with Gasteiger partial charge in [0, 0.05) is 16.1 Å². The van der Waals surface area contributed by atoms with E-state index in [0.29, 0.717) is 11.3 Å². The van der Waals surface area contributed by atoms with Crippen molar-refractivity contribution >= 4 is 25.8 Å². The Hall–Kier alpha value is -0.590. The lowest BCUT2D eigenvalue weighted by molar-refractivity contribution is 0.411. The number of methoxy groups -OCH3 is 1.